The lowest BCUT2D eigenvalue weighted by Gasteiger charge is -2.39. The van der Waals surface area contributed by atoms with Crippen molar-refractivity contribution in [2.75, 3.05) is 12.3 Å². The molecule has 7 N–H and O–H groups in total. The molecule has 0 aromatic heterocycles. The Kier molecular flexibility index (Phi) is 11.2. The molecule has 0 amide bonds. The summed E-state index contributed by atoms with van der Waals surface area (Å²) in [6.45, 7) is 2.99. The normalized spacial score (nSPS) is 34.0. The van der Waals surface area contributed by atoms with Crippen LogP contribution in [0.2, 0.25) is 0 Å². The van der Waals surface area contributed by atoms with E-state index >= 15 is 0 Å². The number of carbonyl (C=O) groups excluding carboxylic acids is 2. The highest BCUT2D eigenvalue weighted by molar-refractivity contribution is 5.95. The first kappa shape index (κ1) is 30.9. The molecule has 0 aliphatic carbocycles. The SMILES string of the molecule is C[C@H](CC/C=C/C(=O)OC[C@H]1O[C@@H](OC(=O)c2ccccc2N)[C@H](O)[C@@H](O)[C@@H]1O)O[C@@H]1O[C@@H](C)[C@H](O)C[C@H]1O. The molecule has 2 heterocycles. The van der Waals surface area contributed by atoms with Gasteiger partial charge in [0.05, 0.1) is 23.9 Å². The summed E-state index contributed by atoms with van der Waals surface area (Å²) >= 11 is 0. The number of esters is 2. The molecule has 39 heavy (non-hydrogen) atoms. The summed E-state index contributed by atoms with van der Waals surface area (Å²) < 4.78 is 26.8. The van der Waals surface area contributed by atoms with Gasteiger partial charge in [0.2, 0.25) is 6.29 Å². The van der Waals surface area contributed by atoms with E-state index in [2.05, 4.69) is 0 Å². The van der Waals surface area contributed by atoms with Crippen LogP contribution in [0.25, 0.3) is 0 Å². The molecule has 1 aromatic rings. The van der Waals surface area contributed by atoms with E-state index in [1.807, 2.05) is 0 Å². The van der Waals surface area contributed by atoms with Crippen molar-refractivity contribution in [1.82, 2.24) is 0 Å². The number of benzene rings is 1. The largest absolute Gasteiger partial charge is 0.460 e. The Labute approximate surface area is 225 Å². The lowest BCUT2D eigenvalue weighted by molar-refractivity contribution is -0.285. The van der Waals surface area contributed by atoms with Crippen LogP contribution in [0, 0.1) is 0 Å². The Morgan fingerprint density at radius 3 is 2.49 bits per heavy atom. The number of rotatable bonds is 10. The number of ether oxygens (including phenoxy) is 5. The van der Waals surface area contributed by atoms with Crippen molar-refractivity contribution in [3.63, 3.8) is 0 Å². The number of aliphatic hydroxyl groups is 5. The summed E-state index contributed by atoms with van der Waals surface area (Å²) in [6.07, 6.45) is -7.53. The monoisotopic (exact) mass is 555 g/mol. The van der Waals surface area contributed by atoms with E-state index in [0.717, 1.165) is 0 Å². The Hall–Kier alpha value is -2.62. The van der Waals surface area contributed by atoms with Gasteiger partial charge in [0.25, 0.3) is 0 Å². The van der Waals surface area contributed by atoms with E-state index in [0.29, 0.717) is 12.8 Å². The summed E-state index contributed by atoms with van der Waals surface area (Å²) in [5, 5.41) is 50.3. The minimum atomic E-state index is -1.75. The van der Waals surface area contributed by atoms with Crippen LogP contribution < -0.4 is 5.73 Å². The number of carbonyl (C=O) groups is 2. The van der Waals surface area contributed by atoms with E-state index in [1.54, 1.807) is 32.1 Å². The summed E-state index contributed by atoms with van der Waals surface area (Å²) in [6, 6.07) is 6.08. The van der Waals surface area contributed by atoms with Crippen molar-refractivity contribution >= 4 is 17.6 Å². The molecule has 13 heteroatoms. The van der Waals surface area contributed by atoms with Crippen LogP contribution in [0.1, 0.15) is 43.5 Å². The van der Waals surface area contributed by atoms with Crippen LogP contribution in [0.4, 0.5) is 5.69 Å². The fourth-order valence-corrected chi connectivity index (χ4v) is 4.09. The number of hydrogen-bond donors (Lipinski definition) is 6. The first-order valence-corrected chi connectivity index (χ1v) is 12.7. The number of anilines is 1. The molecule has 3 rings (SSSR count). The third-order valence-electron chi connectivity index (χ3n) is 6.51. The van der Waals surface area contributed by atoms with Crippen molar-refractivity contribution in [2.24, 2.45) is 0 Å². The minimum absolute atomic E-state index is 0.0255. The van der Waals surface area contributed by atoms with E-state index < -0.39 is 73.9 Å². The summed E-state index contributed by atoms with van der Waals surface area (Å²) in [5.41, 5.74) is 5.92. The molecule has 0 radical (unpaired) electrons. The molecule has 2 fully saturated rings. The molecule has 1 aromatic carbocycles. The van der Waals surface area contributed by atoms with Crippen LogP contribution in [0.15, 0.2) is 36.4 Å². The predicted molar refractivity (Wildman–Crippen MR) is 134 cm³/mol. The highest BCUT2D eigenvalue weighted by atomic mass is 16.7. The maximum Gasteiger partial charge on any atom is 0.342 e. The predicted octanol–water partition coefficient (Wildman–Crippen LogP) is -0.625. The Morgan fingerprint density at radius 1 is 1.05 bits per heavy atom. The van der Waals surface area contributed by atoms with Gasteiger partial charge in [-0.2, -0.15) is 0 Å². The first-order chi connectivity index (χ1) is 18.5. The lowest BCUT2D eigenvalue weighted by Crippen LogP contribution is -2.59. The lowest BCUT2D eigenvalue weighted by atomic mass is 9.99. The molecule has 0 spiro atoms. The molecule has 10 atom stereocenters. The number of para-hydroxylation sites is 1. The molecule has 2 saturated heterocycles. The van der Waals surface area contributed by atoms with E-state index in [1.165, 1.54) is 18.2 Å². The third-order valence-corrected chi connectivity index (χ3v) is 6.51. The van der Waals surface area contributed by atoms with Crippen LogP contribution in [-0.4, -0.2) is 105 Å². The van der Waals surface area contributed by atoms with Gasteiger partial charge in [-0.05, 0) is 38.8 Å². The molecule has 13 nitrogen and oxygen atoms in total. The summed E-state index contributed by atoms with van der Waals surface area (Å²) in [7, 11) is 0. The second kappa shape index (κ2) is 14.1. The van der Waals surface area contributed by atoms with Gasteiger partial charge in [-0.3, -0.25) is 0 Å². The van der Waals surface area contributed by atoms with Gasteiger partial charge in [0.15, 0.2) is 6.29 Å². The summed E-state index contributed by atoms with van der Waals surface area (Å²) in [4.78, 5) is 24.5. The zero-order valence-corrected chi connectivity index (χ0v) is 21.7. The van der Waals surface area contributed by atoms with Gasteiger partial charge in [0, 0.05) is 18.2 Å². The van der Waals surface area contributed by atoms with E-state index in [-0.39, 0.29) is 23.8 Å². The smallest absolute Gasteiger partial charge is 0.342 e. The fraction of sp³-hybridized carbons (Fsp3) is 0.615. The summed E-state index contributed by atoms with van der Waals surface area (Å²) in [5.74, 6) is -1.66. The standard InChI is InChI=1S/C26H37NO12/c1-13(36-25-18(29)11-17(28)14(2)37-25)7-3-6-10-20(30)35-12-19-21(31)22(32)23(33)26(38-19)39-24(34)15-8-4-5-9-16(15)27/h4-6,8-10,13-14,17-19,21-23,25-26,28-29,31-33H,3,7,11-12,27H2,1-2H3/b10-6+/t13-,14+,17-,18-,19-,21-,22+,23-,25-,26+/m1/s1. The zero-order chi connectivity index (χ0) is 28.7. The van der Waals surface area contributed by atoms with Crippen molar-refractivity contribution in [3.8, 4) is 0 Å². The van der Waals surface area contributed by atoms with Crippen molar-refractivity contribution < 1.29 is 58.8 Å². The van der Waals surface area contributed by atoms with Gasteiger partial charge < -0.3 is 55.0 Å². The molecular formula is C26H37NO12. The van der Waals surface area contributed by atoms with Gasteiger partial charge in [-0.1, -0.05) is 18.2 Å². The van der Waals surface area contributed by atoms with E-state index in [9.17, 15) is 35.1 Å². The number of nitrogen functional groups attached to an aromatic ring is 1. The average Bonchev–Trinajstić information content (AvgIpc) is 2.89. The Morgan fingerprint density at radius 2 is 1.77 bits per heavy atom. The Balaban J connectivity index is 1.43. The average molecular weight is 556 g/mol. The molecule has 218 valence electrons. The Bertz CT molecular complexity index is 989. The highest BCUT2D eigenvalue weighted by Gasteiger charge is 2.46. The van der Waals surface area contributed by atoms with Crippen molar-refractivity contribution in [2.45, 2.75) is 94.5 Å². The van der Waals surface area contributed by atoms with Crippen LogP contribution >= 0.6 is 0 Å². The molecular weight excluding hydrogens is 518 g/mol. The minimum Gasteiger partial charge on any atom is -0.460 e. The molecule has 2 aliphatic heterocycles. The van der Waals surface area contributed by atoms with Crippen molar-refractivity contribution in [1.29, 1.82) is 0 Å². The molecule has 2 aliphatic rings. The van der Waals surface area contributed by atoms with Crippen molar-refractivity contribution in [3.05, 3.63) is 42.0 Å². The number of aliphatic hydroxyl groups excluding tert-OH is 5. The second-order valence-electron chi connectivity index (χ2n) is 9.64. The molecule has 0 unspecified atom stereocenters. The van der Waals surface area contributed by atoms with Gasteiger partial charge in [-0.15, -0.1) is 0 Å². The van der Waals surface area contributed by atoms with Gasteiger partial charge >= 0.3 is 11.9 Å². The molecule has 0 bridgehead atoms. The van der Waals surface area contributed by atoms with Crippen LogP contribution in [-0.2, 0) is 28.5 Å². The van der Waals surface area contributed by atoms with Crippen LogP contribution in [0.5, 0.6) is 0 Å². The third kappa shape index (κ3) is 8.43. The second-order valence-corrected chi connectivity index (χ2v) is 9.64. The fourth-order valence-electron chi connectivity index (χ4n) is 4.09. The maximum absolute atomic E-state index is 12.4. The number of nitrogens with two attached hydrogens (primary N) is 1. The van der Waals surface area contributed by atoms with Gasteiger partial charge in [0.1, 0.15) is 37.1 Å². The van der Waals surface area contributed by atoms with Gasteiger partial charge in [-0.25, -0.2) is 9.59 Å². The van der Waals surface area contributed by atoms with Crippen LogP contribution in [0.3, 0.4) is 0 Å². The quantitative estimate of drug-likeness (QED) is 0.121. The molecule has 0 saturated carbocycles. The highest BCUT2D eigenvalue weighted by Crippen LogP contribution is 2.25. The topological polar surface area (TPSA) is 207 Å². The zero-order valence-electron chi connectivity index (χ0n) is 21.7. The number of hydrogen-bond acceptors (Lipinski definition) is 13. The maximum atomic E-state index is 12.4. The number of allylic oxidation sites excluding steroid dienone is 1. The first-order valence-electron chi connectivity index (χ1n) is 12.7. The van der Waals surface area contributed by atoms with E-state index in [4.69, 9.17) is 29.4 Å².